The molecule has 1 heterocycles. The maximum atomic E-state index is 12.7. The molecule has 2 atom stereocenters. The molecule has 1 aromatic rings. The summed E-state index contributed by atoms with van der Waals surface area (Å²) < 4.78 is 32.6. The fourth-order valence-electron chi connectivity index (χ4n) is 2.46. The summed E-state index contributed by atoms with van der Waals surface area (Å²) in [5.41, 5.74) is 0. The van der Waals surface area contributed by atoms with Gasteiger partial charge in [-0.1, -0.05) is 0 Å². The van der Waals surface area contributed by atoms with Gasteiger partial charge in [0.05, 0.1) is 11.0 Å². The molecule has 7 heteroatoms. The van der Waals surface area contributed by atoms with E-state index in [9.17, 15) is 8.42 Å². The molecule has 0 aliphatic carbocycles. The van der Waals surface area contributed by atoms with Gasteiger partial charge in [-0.2, -0.15) is 4.31 Å². The number of nitrogens with zero attached hydrogens (tertiary/aromatic N) is 1. The van der Waals surface area contributed by atoms with Gasteiger partial charge in [-0.25, -0.2) is 8.42 Å². The van der Waals surface area contributed by atoms with E-state index in [0.717, 1.165) is 0 Å². The molecule has 1 saturated heterocycles. The number of ether oxygens (including phenoxy) is 1. The highest BCUT2D eigenvalue weighted by atomic mass is 35.5. The van der Waals surface area contributed by atoms with E-state index in [2.05, 4.69) is 5.32 Å². The van der Waals surface area contributed by atoms with Crippen molar-refractivity contribution in [3.63, 3.8) is 0 Å². The van der Waals surface area contributed by atoms with E-state index in [1.54, 1.807) is 28.6 Å². The summed E-state index contributed by atoms with van der Waals surface area (Å²) in [6.07, 6.45) is 0.0708. The largest absolute Gasteiger partial charge is 0.491 e. The molecule has 0 amide bonds. The van der Waals surface area contributed by atoms with Crippen LogP contribution in [-0.4, -0.2) is 44.0 Å². The molecule has 1 aliphatic heterocycles. The van der Waals surface area contributed by atoms with Crippen LogP contribution in [0.2, 0.25) is 0 Å². The van der Waals surface area contributed by atoms with Crippen LogP contribution in [0.15, 0.2) is 29.2 Å². The number of sulfonamides is 1. The molecule has 0 bridgehead atoms. The molecule has 5 nitrogen and oxygen atoms in total. The second-order valence-electron chi connectivity index (χ2n) is 5.74. The van der Waals surface area contributed by atoms with Crippen LogP contribution >= 0.6 is 12.4 Å². The van der Waals surface area contributed by atoms with Crippen molar-refractivity contribution >= 4 is 22.4 Å². The predicted molar refractivity (Wildman–Crippen MR) is 90.3 cm³/mol. The number of hydrogen-bond donors (Lipinski definition) is 1. The summed E-state index contributed by atoms with van der Waals surface area (Å²) in [4.78, 5) is 0.319. The second-order valence-corrected chi connectivity index (χ2v) is 7.63. The molecule has 1 aromatic carbocycles. The Morgan fingerprint density at radius 1 is 1.23 bits per heavy atom. The summed E-state index contributed by atoms with van der Waals surface area (Å²) >= 11 is 0. The van der Waals surface area contributed by atoms with Crippen LogP contribution in [0.25, 0.3) is 0 Å². The van der Waals surface area contributed by atoms with Crippen molar-refractivity contribution in [2.75, 3.05) is 13.1 Å². The minimum Gasteiger partial charge on any atom is -0.491 e. The fourth-order valence-corrected chi connectivity index (χ4v) is 4.17. The minimum absolute atomic E-state index is 0. The summed E-state index contributed by atoms with van der Waals surface area (Å²) in [5.74, 6) is 0.686. The first kappa shape index (κ1) is 19.2. The van der Waals surface area contributed by atoms with Gasteiger partial charge in [-0.05, 0) is 52.0 Å². The maximum Gasteiger partial charge on any atom is 0.243 e. The Balaban J connectivity index is 0.00000242. The molecule has 126 valence electrons. The second kappa shape index (κ2) is 7.64. The number of halogens is 1. The molecule has 0 aromatic heterocycles. The van der Waals surface area contributed by atoms with Crippen LogP contribution in [0.1, 0.15) is 27.7 Å². The standard InChI is InChI=1S/C15H24N2O3S.ClH/c1-11(2)20-14-5-7-15(8-6-14)21(18,19)17-10-9-16-12(3)13(17)4;/h5-8,11-13,16H,9-10H2,1-4H3;1H. The van der Waals surface area contributed by atoms with Crippen molar-refractivity contribution in [2.45, 2.75) is 50.8 Å². The Kier molecular flexibility index (Phi) is 6.67. The lowest BCUT2D eigenvalue weighted by atomic mass is 10.1. The molecular weight excluding hydrogens is 324 g/mol. The van der Waals surface area contributed by atoms with Crippen molar-refractivity contribution < 1.29 is 13.2 Å². The maximum absolute atomic E-state index is 12.7. The third-order valence-electron chi connectivity index (χ3n) is 3.78. The molecule has 0 radical (unpaired) electrons. The zero-order valence-electron chi connectivity index (χ0n) is 13.4. The molecular formula is C15H25ClN2O3S. The summed E-state index contributed by atoms with van der Waals surface area (Å²) in [6.45, 7) is 9.00. The highest BCUT2D eigenvalue weighted by molar-refractivity contribution is 7.89. The van der Waals surface area contributed by atoms with E-state index >= 15 is 0 Å². The van der Waals surface area contributed by atoms with E-state index in [1.165, 1.54) is 0 Å². The van der Waals surface area contributed by atoms with Crippen molar-refractivity contribution in [1.29, 1.82) is 0 Å². The topological polar surface area (TPSA) is 58.6 Å². The average Bonchev–Trinajstić information content (AvgIpc) is 2.41. The Labute approximate surface area is 139 Å². The molecule has 0 saturated carbocycles. The first-order valence-electron chi connectivity index (χ1n) is 7.34. The van der Waals surface area contributed by atoms with E-state index in [0.29, 0.717) is 23.7 Å². The molecule has 22 heavy (non-hydrogen) atoms. The summed E-state index contributed by atoms with van der Waals surface area (Å²) in [5, 5.41) is 3.29. The number of rotatable bonds is 4. The van der Waals surface area contributed by atoms with E-state index in [4.69, 9.17) is 4.74 Å². The van der Waals surface area contributed by atoms with Crippen molar-refractivity contribution in [2.24, 2.45) is 0 Å². The van der Waals surface area contributed by atoms with Crippen molar-refractivity contribution in [3.8, 4) is 5.75 Å². The van der Waals surface area contributed by atoms with Gasteiger partial charge in [0.15, 0.2) is 0 Å². The van der Waals surface area contributed by atoms with E-state index in [-0.39, 0.29) is 30.6 Å². The van der Waals surface area contributed by atoms with Gasteiger partial charge in [0.1, 0.15) is 5.75 Å². The normalized spacial score (nSPS) is 23.1. The van der Waals surface area contributed by atoms with Crippen molar-refractivity contribution in [3.05, 3.63) is 24.3 Å². The summed E-state index contributed by atoms with van der Waals surface area (Å²) in [6, 6.07) is 6.75. The quantitative estimate of drug-likeness (QED) is 0.906. The fraction of sp³-hybridized carbons (Fsp3) is 0.600. The van der Waals surface area contributed by atoms with Gasteiger partial charge < -0.3 is 10.1 Å². The first-order chi connectivity index (χ1) is 9.82. The Morgan fingerprint density at radius 3 is 2.36 bits per heavy atom. The minimum atomic E-state index is -3.45. The van der Waals surface area contributed by atoms with Crippen molar-refractivity contribution in [1.82, 2.24) is 9.62 Å². The van der Waals surface area contributed by atoms with Crippen LogP contribution < -0.4 is 10.1 Å². The van der Waals surface area contributed by atoms with Gasteiger partial charge in [0.2, 0.25) is 10.0 Å². The van der Waals surface area contributed by atoms with Gasteiger partial charge in [0, 0.05) is 25.2 Å². The molecule has 2 unspecified atom stereocenters. The number of piperazine rings is 1. The lowest BCUT2D eigenvalue weighted by Gasteiger charge is -2.37. The lowest BCUT2D eigenvalue weighted by molar-refractivity contribution is 0.232. The number of benzene rings is 1. The van der Waals surface area contributed by atoms with Crippen LogP contribution in [-0.2, 0) is 10.0 Å². The van der Waals surface area contributed by atoms with Crippen LogP contribution in [0.3, 0.4) is 0 Å². The SMILES string of the molecule is CC(C)Oc1ccc(S(=O)(=O)N2CCNC(C)C2C)cc1.Cl. The highest BCUT2D eigenvalue weighted by Gasteiger charge is 2.34. The molecule has 1 aliphatic rings. The number of nitrogens with one attached hydrogen (secondary N) is 1. The van der Waals surface area contributed by atoms with Crippen LogP contribution in [0.4, 0.5) is 0 Å². The first-order valence-corrected chi connectivity index (χ1v) is 8.78. The number of hydrogen-bond acceptors (Lipinski definition) is 4. The van der Waals surface area contributed by atoms with Crippen LogP contribution in [0, 0.1) is 0 Å². The molecule has 1 fully saturated rings. The Hall–Kier alpha value is -0.820. The molecule has 0 spiro atoms. The Morgan fingerprint density at radius 2 is 1.82 bits per heavy atom. The van der Waals surface area contributed by atoms with Gasteiger partial charge in [-0.3, -0.25) is 0 Å². The lowest BCUT2D eigenvalue weighted by Crippen LogP contribution is -2.57. The van der Waals surface area contributed by atoms with Gasteiger partial charge in [-0.15, -0.1) is 12.4 Å². The van der Waals surface area contributed by atoms with E-state index < -0.39 is 10.0 Å². The van der Waals surface area contributed by atoms with Gasteiger partial charge in [0.25, 0.3) is 0 Å². The Bertz CT molecular complexity index is 575. The molecule has 1 N–H and O–H groups in total. The zero-order chi connectivity index (χ0) is 15.6. The zero-order valence-corrected chi connectivity index (χ0v) is 15.1. The third kappa shape index (κ3) is 4.13. The third-order valence-corrected chi connectivity index (χ3v) is 5.78. The van der Waals surface area contributed by atoms with Crippen LogP contribution in [0.5, 0.6) is 5.75 Å². The monoisotopic (exact) mass is 348 g/mol. The molecule has 2 rings (SSSR count). The average molecular weight is 349 g/mol. The van der Waals surface area contributed by atoms with Gasteiger partial charge >= 0.3 is 0 Å². The predicted octanol–water partition coefficient (Wildman–Crippen LogP) is 2.27. The summed E-state index contributed by atoms with van der Waals surface area (Å²) in [7, 11) is -3.45. The smallest absolute Gasteiger partial charge is 0.243 e. The van der Waals surface area contributed by atoms with E-state index in [1.807, 2.05) is 27.7 Å². The highest BCUT2D eigenvalue weighted by Crippen LogP contribution is 2.23.